The van der Waals surface area contributed by atoms with Gasteiger partial charge in [0, 0.05) is 43.4 Å². The summed E-state index contributed by atoms with van der Waals surface area (Å²) in [5.74, 6) is 1.73. The summed E-state index contributed by atoms with van der Waals surface area (Å²) in [4.78, 5) is 15.9. The molecule has 7 aromatic carbocycles. The molecule has 7 heteroatoms. The van der Waals surface area contributed by atoms with Crippen LogP contribution in [-0.4, -0.2) is 28.7 Å². The van der Waals surface area contributed by atoms with Crippen molar-refractivity contribution in [2.24, 2.45) is 0 Å². The number of fused-ring (bicyclic) bond motifs is 9. The number of benzene rings is 7. The van der Waals surface area contributed by atoms with Crippen LogP contribution in [0, 0.1) is 11.3 Å². The zero-order valence-corrected chi connectivity index (χ0v) is 28.9. The molecular formula is C47H29N7. The molecule has 0 aliphatic rings. The van der Waals surface area contributed by atoms with Gasteiger partial charge in [0.1, 0.15) is 0 Å². The molecule has 0 unspecified atom stereocenters. The van der Waals surface area contributed by atoms with Gasteiger partial charge < -0.3 is 9.13 Å². The van der Waals surface area contributed by atoms with Crippen LogP contribution in [0.2, 0.25) is 0 Å². The van der Waals surface area contributed by atoms with Gasteiger partial charge in [0.25, 0.3) is 0 Å². The smallest absolute Gasteiger partial charge is 0.238 e. The Labute approximate surface area is 309 Å². The fraction of sp³-hybridized carbons (Fsp3) is 0.0213. The fourth-order valence-electron chi connectivity index (χ4n) is 8.31. The molecule has 7 nitrogen and oxygen atoms in total. The van der Waals surface area contributed by atoms with Crippen molar-refractivity contribution in [1.29, 1.82) is 5.26 Å². The lowest BCUT2D eigenvalue weighted by Gasteiger charge is -2.15. The first kappa shape index (κ1) is 30.1. The van der Waals surface area contributed by atoms with Gasteiger partial charge in [-0.1, -0.05) is 109 Å². The van der Waals surface area contributed by atoms with E-state index >= 15 is 0 Å². The van der Waals surface area contributed by atoms with Crippen LogP contribution in [0.25, 0.3) is 88.4 Å². The first-order valence-electron chi connectivity index (χ1n) is 18.0. The maximum absolute atomic E-state index is 9.87. The summed E-state index contributed by atoms with van der Waals surface area (Å²) >= 11 is 0. The molecule has 11 aromatic rings. The average Bonchev–Trinajstić information content (AvgIpc) is 3.86. The van der Waals surface area contributed by atoms with Crippen LogP contribution in [0.3, 0.4) is 0 Å². The molecule has 0 radical (unpaired) electrons. The number of nitriles is 1. The highest BCUT2D eigenvalue weighted by Crippen LogP contribution is 2.37. The van der Waals surface area contributed by atoms with Crippen LogP contribution in [0.1, 0.15) is 11.4 Å². The summed E-state index contributed by atoms with van der Waals surface area (Å²) in [5.41, 5.74) is 8.76. The molecule has 0 aliphatic heterocycles. The molecule has 0 bridgehead atoms. The van der Waals surface area contributed by atoms with Gasteiger partial charge in [0.05, 0.1) is 51.4 Å². The molecule has 0 fully saturated rings. The molecule has 54 heavy (non-hydrogen) atoms. The number of hydrogen-bond acceptors (Lipinski definition) is 4. The van der Waals surface area contributed by atoms with Gasteiger partial charge in [-0.15, -0.1) is 0 Å². The van der Waals surface area contributed by atoms with E-state index in [1.54, 1.807) is 0 Å². The van der Waals surface area contributed by atoms with Crippen molar-refractivity contribution >= 4 is 65.4 Å². The third-order valence-electron chi connectivity index (χ3n) is 10.6. The predicted molar refractivity (Wildman–Crippen MR) is 217 cm³/mol. The van der Waals surface area contributed by atoms with Crippen molar-refractivity contribution in [2.45, 2.75) is 6.54 Å². The Morgan fingerprint density at radius 1 is 0.444 bits per heavy atom. The predicted octanol–water partition coefficient (Wildman–Crippen LogP) is 10.8. The SMILES string of the molecule is N#Cc1ccc2c3ccccc3n(Cc3nc(-c4ccccc4-n4c5ccccc5c5ccccc54)nc(-n4c5ccccc5c5ccccc54)n3)c2c1. The zero-order chi connectivity index (χ0) is 35.8. The molecule has 0 N–H and O–H groups in total. The Hall–Kier alpha value is -7.56. The van der Waals surface area contributed by atoms with E-state index < -0.39 is 0 Å². The van der Waals surface area contributed by atoms with Crippen molar-refractivity contribution in [3.8, 4) is 29.1 Å². The van der Waals surface area contributed by atoms with Crippen LogP contribution in [0.5, 0.6) is 0 Å². The summed E-state index contributed by atoms with van der Waals surface area (Å²) in [6, 6.07) is 58.8. The largest absolute Gasteiger partial charge is 0.333 e. The highest BCUT2D eigenvalue weighted by Gasteiger charge is 2.21. The second kappa shape index (κ2) is 11.7. The van der Waals surface area contributed by atoms with E-state index in [2.05, 4.69) is 153 Å². The van der Waals surface area contributed by atoms with Gasteiger partial charge in [0.2, 0.25) is 5.95 Å². The Morgan fingerprint density at radius 3 is 1.52 bits per heavy atom. The highest BCUT2D eigenvalue weighted by molar-refractivity contribution is 6.11. The Bertz CT molecular complexity index is 3230. The quantitative estimate of drug-likeness (QED) is 0.180. The summed E-state index contributed by atoms with van der Waals surface area (Å²) in [5, 5.41) is 16.7. The molecule has 0 amide bonds. The van der Waals surface area contributed by atoms with E-state index in [0.29, 0.717) is 29.7 Å². The summed E-state index contributed by atoms with van der Waals surface area (Å²) < 4.78 is 6.70. The molecular weight excluding hydrogens is 663 g/mol. The summed E-state index contributed by atoms with van der Waals surface area (Å²) in [7, 11) is 0. The lowest BCUT2D eigenvalue weighted by atomic mass is 10.1. The second-order valence-corrected chi connectivity index (χ2v) is 13.6. The maximum Gasteiger partial charge on any atom is 0.238 e. The minimum Gasteiger partial charge on any atom is -0.333 e. The highest BCUT2D eigenvalue weighted by atomic mass is 15.2. The van der Waals surface area contributed by atoms with Crippen LogP contribution < -0.4 is 0 Å². The van der Waals surface area contributed by atoms with Crippen LogP contribution in [-0.2, 0) is 6.54 Å². The van der Waals surface area contributed by atoms with Crippen LogP contribution >= 0.6 is 0 Å². The summed E-state index contributed by atoms with van der Waals surface area (Å²) in [6.45, 7) is 0.371. The lowest BCUT2D eigenvalue weighted by molar-refractivity contribution is 0.769. The van der Waals surface area contributed by atoms with Crippen molar-refractivity contribution in [1.82, 2.24) is 28.7 Å². The van der Waals surface area contributed by atoms with E-state index in [1.165, 1.54) is 10.8 Å². The zero-order valence-electron chi connectivity index (χ0n) is 28.9. The van der Waals surface area contributed by atoms with Gasteiger partial charge in [-0.2, -0.15) is 15.2 Å². The molecule has 11 rings (SSSR count). The van der Waals surface area contributed by atoms with Gasteiger partial charge in [-0.05, 0) is 54.6 Å². The van der Waals surface area contributed by atoms with E-state index in [1.807, 2.05) is 30.3 Å². The molecule has 0 spiro atoms. The van der Waals surface area contributed by atoms with E-state index in [0.717, 1.165) is 65.9 Å². The van der Waals surface area contributed by atoms with Crippen LogP contribution in [0.4, 0.5) is 0 Å². The Balaban J connectivity index is 1.20. The molecule has 0 aliphatic carbocycles. The van der Waals surface area contributed by atoms with Gasteiger partial charge in [0.15, 0.2) is 11.6 Å². The lowest BCUT2D eigenvalue weighted by Crippen LogP contribution is -2.12. The molecule has 4 aromatic heterocycles. The van der Waals surface area contributed by atoms with Crippen LogP contribution in [0.15, 0.2) is 164 Å². The first-order valence-corrected chi connectivity index (χ1v) is 18.0. The Kier molecular flexibility index (Phi) is 6.54. The number of nitrogens with zero attached hydrogens (tertiary/aromatic N) is 7. The second-order valence-electron chi connectivity index (χ2n) is 13.6. The normalized spacial score (nSPS) is 11.8. The monoisotopic (exact) mass is 691 g/mol. The number of para-hydroxylation sites is 6. The van der Waals surface area contributed by atoms with Gasteiger partial charge in [-0.3, -0.25) is 4.57 Å². The number of hydrogen-bond donors (Lipinski definition) is 0. The standard InChI is InChI=1S/C47H29N7/c48-28-30-25-26-36-31-13-1-7-19-38(31)52(44(36)27-30)29-45-49-46(51-47(50-45)54-41-22-10-4-16-34(41)35-17-5-11-23-42(35)54)37-18-6-12-24-43(37)53-39-20-8-2-14-32(39)33-15-3-9-21-40(33)53/h1-27H,29H2. The fourth-order valence-corrected chi connectivity index (χ4v) is 8.31. The van der Waals surface area contributed by atoms with E-state index in [4.69, 9.17) is 15.0 Å². The third-order valence-corrected chi connectivity index (χ3v) is 10.6. The van der Waals surface area contributed by atoms with Gasteiger partial charge in [-0.25, -0.2) is 4.98 Å². The van der Waals surface area contributed by atoms with Crippen molar-refractivity contribution in [3.63, 3.8) is 0 Å². The minimum atomic E-state index is 0.371. The number of rotatable bonds is 5. The molecule has 0 atom stereocenters. The van der Waals surface area contributed by atoms with Gasteiger partial charge >= 0.3 is 0 Å². The number of aromatic nitrogens is 6. The maximum atomic E-state index is 9.87. The van der Waals surface area contributed by atoms with Crippen molar-refractivity contribution in [2.75, 3.05) is 0 Å². The topological polar surface area (TPSA) is 77.2 Å². The average molecular weight is 692 g/mol. The van der Waals surface area contributed by atoms with E-state index in [9.17, 15) is 5.26 Å². The summed E-state index contributed by atoms with van der Waals surface area (Å²) in [6.07, 6.45) is 0. The van der Waals surface area contributed by atoms with E-state index in [-0.39, 0.29) is 0 Å². The molecule has 4 heterocycles. The molecule has 0 saturated heterocycles. The third kappa shape index (κ3) is 4.44. The van der Waals surface area contributed by atoms with Crippen molar-refractivity contribution in [3.05, 3.63) is 175 Å². The minimum absolute atomic E-state index is 0.371. The Morgan fingerprint density at radius 2 is 0.926 bits per heavy atom. The van der Waals surface area contributed by atoms with Crippen molar-refractivity contribution < 1.29 is 0 Å². The molecule has 252 valence electrons. The molecule has 0 saturated carbocycles. The first-order chi connectivity index (χ1) is 26.7.